The number of carboxylic acid groups (broad SMARTS) is 1. The van der Waals surface area contributed by atoms with Gasteiger partial charge in [-0.15, -0.1) is 0 Å². The molecule has 0 heterocycles. The highest BCUT2D eigenvalue weighted by Crippen LogP contribution is 2.17. The number of hydrogen-bond acceptors (Lipinski definition) is 2. The van der Waals surface area contributed by atoms with Gasteiger partial charge in [-0.2, -0.15) is 0 Å². The average molecular weight is 290 g/mol. The van der Waals surface area contributed by atoms with E-state index in [0.717, 1.165) is 31.2 Å². The fourth-order valence-corrected chi connectivity index (χ4v) is 2.68. The van der Waals surface area contributed by atoms with E-state index in [9.17, 15) is 14.7 Å². The molecule has 0 aliphatic heterocycles. The maximum absolute atomic E-state index is 11.9. The number of aliphatic carboxylic acids is 1. The number of carboxylic acids is 1. The van der Waals surface area contributed by atoms with Crippen LogP contribution in [0, 0.1) is 0 Å². The number of urea groups is 1. The Labute approximate surface area is 124 Å². The Bertz CT molecular complexity index is 470. The van der Waals surface area contributed by atoms with Crippen molar-refractivity contribution in [3.8, 4) is 0 Å². The summed E-state index contributed by atoms with van der Waals surface area (Å²) in [6.45, 7) is 0. The van der Waals surface area contributed by atoms with Crippen LogP contribution in [0.4, 0.5) is 4.79 Å². The lowest BCUT2D eigenvalue weighted by Gasteiger charge is -2.24. The molecule has 2 rings (SSSR count). The zero-order chi connectivity index (χ0) is 15.1. The van der Waals surface area contributed by atoms with Crippen LogP contribution in [0.2, 0.25) is 0 Å². The highest BCUT2D eigenvalue weighted by atomic mass is 16.4. The minimum Gasteiger partial charge on any atom is -0.480 e. The Kier molecular flexibility index (Phi) is 5.60. The van der Waals surface area contributed by atoms with E-state index in [0.29, 0.717) is 0 Å². The molecule has 0 spiro atoms. The highest BCUT2D eigenvalue weighted by Gasteiger charge is 2.22. The Morgan fingerprint density at radius 2 is 1.81 bits per heavy atom. The molecule has 0 radical (unpaired) electrons. The van der Waals surface area contributed by atoms with Crippen LogP contribution < -0.4 is 10.6 Å². The summed E-state index contributed by atoms with van der Waals surface area (Å²) in [4.78, 5) is 23.2. The fraction of sp³-hybridized carbons (Fsp3) is 0.500. The SMILES string of the molecule is O=C(NC1CCCCC1)N[C@@H](Cc1ccccc1)C(=O)O. The van der Waals surface area contributed by atoms with Crippen molar-refractivity contribution in [2.24, 2.45) is 0 Å². The largest absolute Gasteiger partial charge is 0.480 e. The Morgan fingerprint density at radius 3 is 2.43 bits per heavy atom. The van der Waals surface area contributed by atoms with Crippen molar-refractivity contribution in [3.05, 3.63) is 35.9 Å². The van der Waals surface area contributed by atoms with E-state index in [1.54, 1.807) is 0 Å². The maximum atomic E-state index is 11.9. The standard InChI is InChI=1S/C16H22N2O3/c19-15(20)14(11-12-7-3-1-4-8-12)18-16(21)17-13-9-5-2-6-10-13/h1,3-4,7-8,13-14H,2,5-6,9-11H2,(H,19,20)(H2,17,18,21)/t14-/m0/s1. The number of amides is 2. The normalized spacial score (nSPS) is 17.0. The molecule has 21 heavy (non-hydrogen) atoms. The summed E-state index contributed by atoms with van der Waals surface area (Å²) in [7, 11) is 0. The first-order valence-electron chi connectivity index (χ1n) is 7.49. The first-order valence-corrected chi connectivity index (χ1v) is 7.49. The van der Waals surface area contributed by atoms with Gasteiger partial charge in [0.05, 0.1) is 0 Å². The van der Waals surface area contributed by atoms with Crippen molar-refractivity contribution >= 4 is 12.0 Å². The van der Waals surface area contributed by atoms with E-state index >= 15 is 0 Å². The molecule has 1 aliphatic carbocycles. The summed E-state index contributed by atoms with van der Waals surface area (Å²) < 4.78 is 0. The van der Waals surface area contributed by atoms with Gasteiger partial charge in [0, 0.05) is 12.5 Å². The molecule has 0 saturated heterocycles. The summed E-state index contributed by atoms with van der Waals surface area (Å²) >= 11 is 0. The molecule has 0 aromatic heterocycles. The third-order valence-electron chi connectivity index (χ3n) is 3.83. The summed E-state index contributed by atoms with van der Waals surface area (Å²) in [6, 6.07) is 8.19. The second-order valence-corrected chi connectivity index (χ2v) is 5.53. The minimum atomic E-state index is -1.02. The number of nitrogens with one attached hydrogen (secondary N) is 2. The van der Waals surface area contributed by atoms with Crippen LogP contribution in [0.5, 0.6) is 0 Å². The summed E-state index contributed by atoms with van der Waals surface area (Å²) in [6.07, 6.45) is 5.70. The first-order chi connectivity index (χ1) is 10.1. The Morgan fingerprint density at radius 1 is 1.14 bits per heavy atom. The molecule has 1 fully saturated rings. The summed E-state index contributed by atoms with van der Waals surface area (Å²) in [5.74, 6) is -1.02. The lowest BCUT2D eigenvalue weighted by molar-refractivity contribution is -0.139. The molecular weight excluding hydrogens is 268 g/mol. The number of hydrogen-bond donors (Lipinski definition) is 3. The topological polar surface area (TPSA) is 78.4 Å². The van der Waals surface area contributed by atoms with E-state index < -0.39 is 12.0 Å². The van der Waals surface area contributed by atoms with E-state index in [1.807, 2.05) is 30.3 Å². The van der Waals surface area contributed by atoms with Gasteiger partial charge in [0.25, 0.3) is 0 Å². The fourth-order valence-electron chi connectivity index (χ4n) is 2.68. The number of carbonyl (C=O) groups excluding carboxylic acids is 1. The molecule has 0 bridgehead atoms. The molecule has 5 heteroatoms. The van der Waals surface area contributed by atoms with Gasteiger partial charge in [-0.05, 0) is 18.4 Å². The quantitative estimate of drug-likeness (QED) is 0.778. The lowest BCUT2D eigenvalue weighted by atomic mass is 9.96. The van der Waals surface area contributed by atoms with Crippen molar-refractivity contribution < 1.29 is 14.7 Å². The molecule has 5 nitrogen and oxygen atoms in total. The van der Waals surface area contributed by atoms with Crippen molar-refractivity contribution in [2.45, 2.75) is 50.6 Å². The molecular formula is C16H22N2O3. The predicted octanol–water partition coefficient (Wildman–Crippen LogP) is 2.31. The lowest BCUT2D eigenvalue weighted by Crippen LogP contribution is -2.50. The molecule has 0 unspecified atom stereocenters. The van der Waals surface area contributed by atoms with Crippen molar-refractivity contribution in [2.75, 3.05) is 0 Å². The van der Waals surface area contributed by atoms with Gasteiger partial charge >= 0.3 is 12.0 Å². The van der Waals surface area contributed by atoms with Crippen molar-refractivity contribution in [1.29, 1.82) is 0 Å². The second-order valence-electron chi connectivity index (χ2n) is 5.53. The number of rotatable bonds is 5. The van der Waals surface area contributed by atoms with E-state index in [2.05, 4.69) is 10.6 Å². The van der Waals surface area contributed by atoms with Crippen LogP contribution in [0.15, 0.2) is 30.3 Å². The van der Waals surface area contributed by atoms with Gasteiger partial charge in [0.1, 0.15) is 6.04 Å². The van der Waals surface area contributed by atoms with Crippen molar-refractivity contribution in [3.63, 3.8) is 0 Å². The summed E-state index contributed by atoms with van der Waals surface area (Å²) in [5, 5.41) is 14.7. The van der Waals surface area contributed by atoms with Gasteiger partial charge < -0.3 is 15.7 Å². The van der Waals surface area contributed by atoms with E-state index in [-0.39, 0.29) is 18.5 Å². The third-order valence-corrected chi connectivity index (χ3v) is 3.83. The molecule has 114 valence electrons. The molecule has 1 atom stereocenters. The molecule has 1 aliphatic rings. The molecule has 1 aromatic rings. The first kappa shape index (κ1) is 15.4. The van der Waals surface area contributed by atoms with Crippen molar-refractivity contribution in [1.82, 2.24) is 10.6 Å². The van der Waals surface area contributed by atoms with Crippen LogP contribution >= 0.6 is 0 Å². The van der Waals surface area contributed by atoms with Gasteiger partial charge in [0.2, 0.25) is 0 Å². The van der Waals surface area contributed by atoms with Crippen LogP contribution in [0.3, 0.4) is 0 Å². The van der Waals surface area contributed by atoms with Gasteiger partial charge in [-0.1, -0.05) is 49.6 Å². The van der Waals surface area contributed by atoms with Crippen LogP contribution in [0.25, 0.3) is 0 Å². The van der Waals surface area contributed by atoms with Gasteiger partial charge in [-0.3, -0.25) is 0 Å². The zero-order valence-electron chi connectivity index (χ0n) is 12.0. The number of carbonyl (C=O) groups is 2. The zero-order valence-corrected chi connectivity index (χ0v) is 12.0. The smallest absolute Gasteiger partial charge is 0.326 e. The Balaban J connectivity index is 1.86. The van der Waals surface area contributed by atoms with E-state index in [1.165, 1.54) is 6.42 Å². The molecule has 3 N–H and O–H groups in total. The monoisotopic (exact) mass is 290 g/mol. The molecule has 1 aromatic carbocycles. The molecule has 2 amide bonds. The second kappa shape index (κ2) is 7.67. The third kappa shape index (κ3) is 5.10. The van der Waals surface area contributed by atoms with Gasteiger partial charge in [0.15, 0.2) is 0 Å². The van der Waals surface area contributed by atoms with Gasteiger partial charge in [-0.25, -0.2) is 9.59 Å². The summed E-state index contributed by atoms with van der Waals surface area (Å²) in [5.41, 5.74) is 0.892. The minimum absolute atomic E-state index is 0.171. The molecule has 1 saturated carbocycles. The Hall–Kier alpha value is -2.04. The predicted molar refractivity (Wildman–Crippen MR) is 80.1 cm³/mol. The van der Waals surface area contributed by atoms with Crippen LogP contribution in [0.1, 0.15) is 37.7 Å². The number of benzene rings is 1. The highest BCUT2D eigenvalue weighted by molar-refractivity contribution is 5.82. The van der Waals surface area contributed by atoms with Crippen LogP contribution in [-0.2, 0) is 11.2 Å². The van der Waals surface area contributed by atoms with E-state index in [4.69, 9.17) is 0 Å². The van der Waals surface area contributed by atoms with Crippen LogP contribution in [-0.4, -0.2) is 29.2 Å². The average Bonchev–Trinajstić information content (AvgIpc) is 2.48. The maximum Gasteiger partial charge on any atom is 0.326 e.